The molecule has 0 aliphatic rings. The van der Waals surface area contributed by atoms with Crippen molar-refractivity contribution in [1.29, 1.82) is 0 Å². The number of benzene rings is 1. The van der Waals surface area contributed by atoms with Gasteiger partial charge in [0.1, 0.15) is 0 Å². The van der Waals surface area contributed by atoms with Gasteiger partial charge in [-0.15, -0.1) is 0 Å². The minimum absolute atomic E-state index is 0.121. The second kappa shape index (κ2) is 7.29. The molecule has 1 N–H and O–H groups in total. The van der Waals surface area contributed by atoms with Crippen molar-refractivity contribution in [2.45, 2.75) is 18.6 Å². The maximum atomic E-state index is 11.9. The lowest BCUT2D eigenvalue weighted by atomic mass is 10.2. The van der Waals surface area contributed by atoms with E-state index in [1.165, 1.54) is 0 Å². The zero-order valence-corrected chi connectivity index (χ0v) is 13.0. The number of carbonyl (C=O) groups excluding carboxylic acids is 1. The van der Waals surface area contributed by atoms with Crippen LogP contribution in [0.4, 0.5) is 0 Å². The molecule has 1 atom stereocenters. The molecule has 0 radical (unpaired) electrons. The summed E-state index contributed by atoms with van der Waals surface area (Å²) in [5.74, 6) is -0.121. The first-order valence-electron chi connectivity index (χ1n) is 5.30. The third-order valence-corrected chi connectivity index (χ3v) is 4.28. The van der Waals surface area contributed by atoms with Gasteiger partial charge < -0.3 is 5.32 Å². The minimum atomic E-state index is -0.121. The standard InChI is InChI=1S/C12H15BrClNOS/c1-8(17-2)5-6-15-12(16)10-7-9(13)3-4-11(10)14/h3-4,7-8H,5-6H2,1-2H3,(H,15,16). The molecule has 5 heteroatoms. The topological polar surface area (TPSA) is 29.1 Å². The molecule has 0 fully saturated rings. The fraction of sp³-hybridized carbons (Fsp3) is 0.417. The van der Waals surface area contributed by atoms with E-state index in [1.54, 1.807) is 23.9 Å². The van der Waals surface area contributed by atoms with Gasteiger partial charge in [0.15, 0.2) is 0 Å². The normalized spacial score (nSPS) is 12.2. The van der Waals surface area contributed by atoms with Crippen LogP contribution >= 0.6 is 39.3 Å². The predicted octanol–water partition coefficient (Wildman–Crippen LogP) is 3.97. The quantitative estimate of drug-likeness (QED) is 0.881. The summed E-state index contributed by atoms with van der Waals surface area (Å²) in [6.07, 6.45) is 3.02. The molecule has 1 amide bonds. The molecular formula is C12H15BrClNOS. The van der Waals surface area contributed by atoms with Crippen LogP contribution in [0.5, 0.6) is 0 Å². The number of thioether (sulfide) groups is 1. The van der Waals surface area contributed by atoms with E-state index in [-0.39, 0.29) is 5.91 Å². The number of amides is 1. The van der Waals surface area contributed by atoms with Gasteiger partial charge in [-0.1, -0.05) is 34.5 Å². The lowest BCUT2D eigenvalue weighted by Crippen LogP contribution is -2.26. The summed E-state index contributed by atoms with van der Waals surface area (Å²) < 4.78 is 0.851. The Morgan fingerprint density at radius 3 is 2.94 bits per heavy atom. The zero-order chi connectivity index (χ0) is 12.8. The van der Waals surface area contributed by atoms with Crippen LogP contribution in [0.15, 0.2) is 22.7 Å². The Labute approximate surface area is 120 Å². The molecule has 0 spiro atoms. The number of rotatable bonds is 5. The Hall–Kier alpha value is -0.190. The van der Waals surface area contributed by atoms with Crippen molar-refractivity contribution in [2.24, 2.45) is 0 Å². The molecule has 0 aromatic heterocycles. The largest absolute Gasteiger partial charge is 0.352 e. The highest BCUT2D eigenvalue weighted by molar-refractivity contribution is 9.10. The van der Waals surface area contributed by atoms with Gasteiger partial charge in [0, 0.05) is 16.3 Å². The monoisotopic (exact) mass is 335 g/mol. The van der Waals surface area contributed by atoms with Crippen molar-refractivity contribution < 1.29 is 4.79 Å². The van der Waals surface area contributed by atoms with Crippen molar-refractivity contribution in [1.82, 2.24) is 5.32 Å². The van der Waals surface area contributed by atoms with Gasteiger partial charge in [-0.2, -0.15) is 11.8 Å². The van der Waals surface area contributed by atoms with Gasteiger partial charge in [0.05, 0.1) is 10.6 Å². The molecule has 0 bridgehead atoms. The summed E-state index contributed by atoms with van der Waals surface area (Å²) in [4.78, 5) is 11.9. The zero-order valence-electron chi connectivity index (χ0n) is 9.80. The van der Waals surface area contributed by atoms with Crippen LogP contribution in [0.25, 0.3) is 0 Å². The third kappa shape index (κ3) is 4.90. The summed E-state index contributed by atoms with van der Waals surface area (Å²) in [5.41, 5.74) is 0.512. The highest BCUT2D eigenvalue weighted by Gasteiger charge is 2.10. The van der Waals surface area contributed by atoms with Crippen LogP contribution in [0.3, 0.4) is 0 Å². The Morgan fingerprint density at radius 1 is 1.59 bits per heavy atom. The molecule has 1 unspecified atom stereocenters. The summed E-state index contributed by atoms with van der Waals surface area (Å²) in [5, 5.41) is 3.90. The van der Waals surface area contributed by atoms with Gasteiger partial charge >= 0.3 is 0 Å². The third-order valence-electron chi connectivity index (χ3n) is 2.41. The van der Waals surface area contributed by atoms with Crippen LogP contribution in [0, 0.1) is 0 Å². The van der Waals surface area contributed by atoms with E-state index in [4.69, 9.17) is 11.6 Å². The second-order valence-corrected chi connectivity index (χ2v) is 6.31. The Kier molecular flexibility index (Phi) is 6.38. The van der Waals surface area contributed by atoms with E-state index in [1.807, 2.05) is 6.07 Å². The SMILES string of the molecule is CSC(C)CCNC(=O)c1cc(Br)ccc1Cl. The Morgan fingerprint density at radius 2 is 2.29 bits per heavy atom. The highest BCUT2D eigenvalue weighted by Crippen LogP contribution is 2.20. The van der Waals surface area contributed by atoms with Crippen molar-refractivity contribution in [3.8, 4) is 0 Å². The maximum Gasteiger partial charge on any atom is 0.252 e. The molecule has 1 aromatic rings. The van der Waals surface area contributed by atoms with E-state index in [2.05, 4.69) is 34.4 Å². The average Bonchev–Trinajstić information content (AvgIpc) is 2.31. The Bertz CT molecular complexity index is 400. The van der Waals surface area contributed by atoms with E-state index in [9.17, 15) is 4.79 Å². The Balaban J connectivity index is 2.55. The summed E-state index contributed by atoms with van der Waals surface area (Å²) in [6, 6.07) is 5.26. The van der Waals surface area contributed by atoms with Crippen molar-refractivity contribution in [3.05, 3.63) is 33.3 Å². The van der Waals surface area contributed by atoms with Gasteiger partial charge in [-0.25, -0.2) is 0 Å². The van der Waals surface area contributed by atoms with Gasteiger partial charge in [0.25, 0.3) is 5.91 Å². The van der Waals surface area contributed by atoms with E-state index in [0.29, 0.717) is 22.4 Å². The molecule has 0 heterocycles. The predicted molar refractivity (Wildman–Crippen MR) is 79.1 cm³/mol. The van der Waals surface area contributed by atoms with Crippen LogP contribution in [0.2, 0.25) is 5.02 Å². The van der Waals surface area contributed by atoms with Crippen LogP contribution in [-0.4, -0.2) is 24.0 Å². The summed E-state index contributed by atoms with van der Waals surface area (Å²) in [7, 11) is 0. The summed E-state index contributed by atoms with van der Waals surface area (Å²) >= 11 is 11.1. The molecule has 94 valence electrons. The number of carbonyl (C=O) groups is 1. The lowest BCUT2D eigenvalue weighted by Gasteiger charge is -2.10. The number of hydrogen-bond donors (Lipinski definition) is 1. The first-order chi connectivity index (χ1) is 8.04. The van der Waals surface area contributed by atoms with Crippen molar-refractivity contribution in [2.75, 3.05) is 12.8 Å². The summed E-state index contributed by atoms with van der Waals surface area (Å²) in [6.45, 7) is 2.81. The highest BCUT2D eigenvalue weighted by atomic mass is 79.9. The first-order valence-corrected chi connectivity index (χ1v) is 7.76. The van der Waals surface area contributed by atoms with Crippen LogP contribution in [-0.2, 0) is 0 Å². The van der Waals surface area contributed by atoms with Gasteiger partial charge in [-0.3, -0.25) is 4.79 Å². The number of halogens is 2. The van der Waals surface area contributed by atoms with E-state index < -0.39 is 0 Å². The number of hydrogen-bond acceptors (Lipinski definition) is 2. The molecule has 17 heavy (non-hydrogen) atoms. The average molecular weight is 337 g/mol. The molecule has 1 rings (SSSR count). The lowest BCUT2D eigenvalue weighted by molar-refractivity contribution is 0.0953. The first kappa shape index (κ1) is 14.9. The second-order valence-electron chi connectivity index (χ2n) is 3.72. The maximum absolute atomic E-state index is 11.9. The molecule has 0 saturated heterocycles. The molecule has 0 saturated carbocycles. The smallest absolute Gasteiger partial charge is 0.252 e. The molecular weight excluding hydrogens is 322 g/mol. The fourth-order valence-electron chi connectivity index (χ4n) is 1.27. The van der Waals surface area contributed by atoms with Gasteiger partial charge in [-0.05, 0) is 30.9 Å². The van der Waals surface area contributed by atoms with E-state index >= 15 is 0 Å². The van der Waals surface area contributed by atoms with Gasteiger partial charge in [0.2, 0.25) is 0 Å². The van der Waals surface area contributed by atoms with E-state index in [0.717, 1.165) is 10.9 Å². The fourth-order valence-corrected chi connectivity index (χ4v) is 2.19. The molecule has 2 nitrogen and oxygen atoms in total. The minimum Gasteiger partial charge on any atom is -0.352 e. The van der Waals surface area contributed by atoms with Crippen LogP contribution < -0.4 is 5.32 Å². The number of nitrogens with one attached hydrogen (secondary N) is 1. The van der Waals surface area contributed by atoms with Crippen molar-refractivity contribution >= 4 is 45.2 Å². The molecule has 0 aliphatic carbocycles. The van der Waals surface area contributed by atoms with Crippen molar-refractivity contribution in [3.63, 3.8) is 0 Å². The molecule has 0 aliphatic heterocycles. The van der Waals surface area contributed by atoms with Crippen LogP contribution in [0.1, 0.15) is 23.7 Å². The molecule has 1 aromatic carbocycles.